The normalized spacial score (nSPS) is 12.9. The Morgan fingerprint density at radius 1 is 1.35 bits per heavy atom. The van der Waals surface area contributed by atoms with E-state index in [1.165, 1.54) is 0 Å². The number of benzene rings is 1. The lowest BCUT2D eigenvalue weighted by molar-refractivity contribution is 0.00694. The largest absolute Gasteiger partial charge is 0.456 e. The summed E-state index contributed by atoms with van der Waals surface area (Å²) >= 11 is 1.68. The van der Waals surface area contributed by atoms with Crippen molar-refractivity contribution in [3.8, 4) is 0 Å². The number of thioether (sulfide) groups is 1. The molecule has 0 N–H and O–H groups in total. The van der Waals surface area contributed by atoms with Gasteiger partial charge in [0.2, 0.25) is 11.8 Å². The summed E-state index contributed by atoms with van der Waals surface area (Å²) in [6, 6.07) is 7.50. The number of hydrogen-bond acceptors (Lipinski definition) is 6. The van der Waals surface area contributed by atoms with Crippen LogP contribution in [0.25, 0.3) is 0 Å². The summed E-state index contributed by atoms with van der Waals surface area (Å²) in [6.07, 6.45) is 0. The number of hydrogen-bond donors (Lipinski definition) is 0. The molecule has 0 aliphatic rings. The molecule has 6 heteroatoms. The van der Waals surface area contributed by atoms with E-state index in [2.05, 4.69) is 10.2 Å². The third-order valence-electron chi connectivity index (χ3n) is 2.95. The fourth-order valence-corrected chi connectivity index (χ4v) is 2.75. The number of aryl methyl sites for hydroxylation is 1. The predicted molar refractivity (Wildman–Crippen MR) is 90.4 cm³/mol. The van der Waals surface area contributed by atoms with Gasteiger partial charge in [-0.15, -0.1) is 22.0 Å². The Balaban J connectivity index is 1.98. The molecule has 0 fully saturated rings. The summed E-state index contributed by atoms with van der Waals surface area (Å²) in [5, 5.41) is 7.97. The van der Waals surface area contributed by atoms with E-state index in [0.717, 1.165) is 11.3 Å². The van der Waals surface area contributed by atoms with Crippen LogP contribution in [0.1, 0.15) is 60.6 Å². The minimum Gasteiger partial charge on any atom is -0.456 e. The Morgan fingerprint density at radius 3 is 2.70 bits per heavy atom. The van der Waals surface area contributed by atoms with Gasteiger partial charge in [0.1, 0.15) is 5.60 Å². The Labute approximate surface area is 140 Å². The van der Waals surface area contributed by atoms with E-state index in [4.69, 9.17) is 9.15 Å². The van der Waals surface area contributed by atoms with Gasteiger partial charge in [-0.2, -0.15) is 0 Å². The molecular formula is C17H22N2O3S. The SMILES string of the molecule is Cc1nnc([C@H](C)SCc2cccc(C(=O)OC(C)(C)C)c2)o1. The molecule has 2 rings (SSSR count). The van der Waals surface area contributed by atoms with Gasteiger partial charge in [-0.1, -0.05) is 12.1 Å². The first-order chi connectivity index (χ1) is 10.7. The molecule has 0 saturated carbocycles. The summed E-state index contributed by atoms with van der Waals surface area (Å²) in [6.45, 7) is 9.38. The van der Waals surface area contributed by atoms with E-state index >= 15 is 0 Å². The van der Waals surface area contributed by atoms with Gasteiger partial charge in [-0.3, -0.25) is 0 Å². The van der Waals surface area contributed by atoms with Gasteiger partial charge >= 0.3 is 5.97 Å². The minimum absolute atomic E-state index is 0.0985. The van der Waals surface area contributed by atoms with Crippen molar-refractivity contribution in [2.24, 2.45) is 0 Å². The van der Waals surface area contributed by atoms with Crippen LogP contribution < -0.4 is 0 Å². The summed E-state index contributed by atoms with van der Waals surface area (Å²) < 4.78 is 10.8. The second-order valence-electron chi connectivity index (χ2n) is 6.31. The number of carbonyl (C=O) groups excluding carboxylic acids is 1. The van der Waals surface area contributed by atoms with Crippen LogP contribution in [0.15, 0.2) is 28.7 Å². The van der Waals surface area contributed by atoms with Crippen LogP contribution in [0.5, 0.6) is 0 Å². The Kier molecular flexibility index (Phi) is 5.46. The first-order valence-corrected chi connectivity index (χ1v) is 8.53. The van der Waals surface area contributed by atoms with E-state index in [1.807, 2.05) is 45.9 Å². The second-order valence-corrected chi connectivity index (χ2v) is 7.64. The van der Waals surface area contributed by atoms with Gasteiger partial charge in [0, 0.05) is 12.7 Å². The van der Waals surface area contributed by atoms with Crippen LogP contribution in [0.3, 0.4) is 0 Å². The summed E-state index contributed by atoms with van der Waals surface area (Å²) in [4.78, 5) is 12.1. The van der Waals surface area contributed by atoms with Crippen molar-refractivity contribution >= 4 is 17.7 Å². The van der Waals surface area contributed by atoms with Crippen molar-refractivity contribution < 1.29 is 13.9 Å². The zero-order valence-corrected chi connectivity index (χ0v) is 14.9. The van der Waals surface area contributed by atoms with E-state index in [1.54, 1.807) is 24.8 Å². The van der Waals surface area contributed by atoms with E-state index in [-0.39, 0.29) is 11.2 Å². The number of esters is 1. The van der Waals surface area contributed by atoms with Crippen molar-refractivity contribution in [2.75, 3.05) is 0 Å². The molecule has 0 aliphatic carbocycles. The molecule has 0 radical (unpaired) electrons. The molecular weight excluding hydrogens is 312 g/mol. The maximum Gasteiger partial charge on any atom is 0.338 e. The zero-order valence-electron chi connectivity index (χ0n) is 14.1. The van der Waals surface area contributed by atoms with E-state index in [9.17, 15) is 4.79 Å². The van der Waals surface area contributed by atoms with Crippen LogP contribution in [0, 0.1) is 6.92 Å². The maximum atomic E-state index is 12.1. The smallest absolute Gasteiger partial charge is 0.338 e. The van der Waals surface area contributed by atoms with Gasteiger partial charge in [0.25, 0.3) is 0 Å². The zero-order chi connectivity index (χ0) is 17.0. The predicted octanol–water partition coefficient (Wildman–Crippen LogP) is 4.33. The third-order valence-corrected chi connectivity index (χ3v) is 4.15. The van der Waals surface area contributed by atoms with Crippen LogP contribution in [0.4, 0.5) is 0 Å². The highest BCUT2D eigenvalue weighted by Crippen LogP contribution is 2.30. The summed E-state index contributed by atoms with van der Waals surface area (Å²) in [5.74, 6) is 1.64. The highest BCUT2D eigenvalue weighted by molar-refractivity contribution is 7.98. The molecule has 0 saturated heterocycles. The van der Waals surface area contributed by atoms with Crippen molar-refractivity contribution in [3.63, 3.8) is 0 Å². The molecule has 0 spiro atoms. The average Bonchev–Trinajstić information content (AvgIpc) is 2.90. The molecule has 1 atom stereocenters. The first kappa shape index (κ1) is 17.5. The van der Waals surface area contributed by atoms with Crippen molar-refractivity contribution in [1.29, 1.82) is 0 Å². The van der Waals surface area contributed by atoms with Gasteiger partial charge in [0.15, 0.2) is 0 Å². The molecule has 23 heavy (non-hydrogen) atoms. The summed E-state index contributed by atoms with van der Waals surface area (Å²) in [5.41, 5.74) is 1.13. The average molecular weight is 334 g/mol. The molecule has 124 valence electrons. The molecule has 1 aromatic carbocycles. The molecule has 0 unspecified atom stereocenters. The second kappa shape index (κ2) is 7.17. The fourth-order valence-electron chi connectivity index (χ4n) is 1.89. The summed E-state index contributed by atoms with van der Waals surface area (Å²) in [7, 11) is 0. The van der Waals surface area contributed by atoms with Gasteiger partial charge in [-0.05, 0) is 45.4 Å². The lowest BCUT2D eigenvalue weighted by atomic mass is 10.1. The molecule has 0 bridgehead atoms. The highest BCUT2D eigenvalue weighted by atomic mass is 32.2. The molecule has 2 aromatic rings. The number of aromatic nitrogens is 2. The standard InChI is InChI=1S/C17H22N2O3S/c1-11(15-19-18-12(2)21-15)23-10-13-7-6-8-14(9-13)16(20)22-17(3,4)5/h6-9,11H,10H2,1-5H3/t11-/m0/s1. The third kappa shape index (κ3) is 5.39. The minimum atomic E-state index is -0.494. The van der Waals surface area contributed by atoms with Crippen molar-refractivity contribution in [2.45, 2.75) is 51.2 Å². The highest BCUT2D eigenvalue weighted by Gasteiger charge is 2.18. The Bertz CT molecular complexity index is 676. The maximum absolute atomic E-state index is 12.1. The van der Waals surface area contributed by atoms with Gasteiger partial charge in [0.05, 0.1) is 10.8 Å². The van der Waals surface area contributed by atoms with Crippen LogP contribution in [-0.4, -0.2) is 21.8 Å². The number of ether oxygens (including phenoxy) is 1. The quantitative estimate of drug-likeness (QED) is 0.758. The first-order valence-electron chi connectivity index (χ1n) is 7.48. The number of nitrogens with zero attached hydrogens (tertiary/aromatic N) is 2. The molecule has 0 amide bonds. The van der Waals surface area contributed by atoms with E-state index in [0.29, 0.717) is 17.3 Å². The van der Waals surface area contributed by atoms with E-state index < -0.39 is 5.60 Å². The Hall–Kier alpha value is -1.82. The van der Waals surface area contributed by atoms with Gasteiger partial charge < -0.3 is 9.15 Å². The van der Waals surface area contributed by atoms with Crippen LogP contribution in [0.2, 0.25) is 0 Å². The monoisotopic (exact) mass is 334 g/mol. The van der Waals surface area contributed by atoms with Gasteiger partial charge in [-0.25, -0.2) is 4.79 Å². The number of carbonyl (C=O) groups is 1. The van der Waals surface area contributed by atoms with Crippen molar-refractivity contribution in [1.82, 2.24) is 10.2 Å². The molecule has 1 heterocycles. The fraction of sp³-hybridized carbons (Fsp3) is 0.471. The molecule has 0 aliphatic heterocycles. The van der Waals surface area contributed by atoms with Crippen molar-refractivity contribution in [3.05, 3.63) is 47.2 Å². The molecule has 5 nitrogen and oxygen atoms in total. The van der Waals surface area contributed by atoms with Crippen LogP contribution >= 0.6 is 11.8 Å². The topological polar surface area (TPSA) is 65.2 Å². The molecule has 1 aromatic heterocycles. The lowest BCUT2D eigenvalue weighted by Crippen LogP contribution is -2.23. The Morgan fingerprint density at radius 2 is 2.09 bits per heavy atom. The number of rotatable bonds is 5. The lowest BCUT2D eigenvalue weighted by Gasteiger charge is -2.19. The van der Waals surface area contributed by atoms with Crippen LogP contribution in [-0.2, 0) is 10.5 Å².